The second kappa shape index (κ2) is 8.49. The number of halogens is 1. The Labute approximate surface area is 144 Å². The van der Waals surface area contributed by atoms with E-state index in [1.807, 2.05) is 27.7 Å². The smallest absolute Gasteiger partial charge is 0.145 e. The molecule has 0 heterocycles. The second-order valence-electron chi connectivity index (χ2n) is 7.04. The first-order chi connectivity index (χ1) is 10.6. The molecule has 0 aliphatic carbocycles. The Morgan fingerprint density at radius 2 is 1.83 bits per heavy atom. The zero-order valence-electron chi connectivity index (χ0n) is 14.8. The first kappa shape index (κ1) is 19.7. The molecule has 3 heteroatoms. The van der Waals surface area contributed by atoms with Gasteiger partial charge in [-0.25, -0.2) is 4.39 Å². The van der Waals surface area contributed by atoms with Gasteiger partial charge in [-0.1, -0.05) is 45.1 Å². The van der Waals surface area contributed by atoms with E-state index in [0.717, 1.165) is 23.3 Å². The van der Waals surface area contributed by atoms with Crippen LogP contribution in [-0.2, 0) is 4.79 Å². The van der Waals surface area contributed by atoms with Crippen molar-refractivity contribution >= 4 is 17.5 Å². The third-order valence-electron chi connectivity index (χ3n) is 3.62. The Bertz CT molecular complexity index is 579. The lowest BCUT2D eigenvalue weighted by atomic mass is 9.77. The summed E-state index contributed by atoms with van der Waals surface area (Å²) in [5.41, 5.74) is 1.71. The fourth-order valence-electron chi connectivity index (χ4n) is 2.30. The zero-order valence-corrected chi connectivity index (χ0v) is 15.6. The fraction of sp³-hybridized carbons (Fsp3) is 0.450. The number of carbonyl (C=O) groups excluding carboxylic acids is 1. The van der Waals surface area contributed by atoms with Crippen LogP contribution in [0.25, 0.3) is 0 Å². The van der Waals surface area contributed by atoms with Crippen molar-refractivity contribution in [2.45, 2.75) is 53.4 Å². The summed E-state index contributed by atoms with van der Waals surface area (Å²) < 4.78 is 13.2. The van der Waals surface area contributed by atoms with E-state index in [1.165, 1.54) is 17.7 Å². The highest BCUT2D eigenvalue weighted by Gasteiger charge is 2.30. The van der Waals surface area contributed by atoms with Gasteiger partial charge in [0.05, 0.1) is 0 Å². The molecule has 0 aromatic heterocycles. The summed E-state index contributed by atoms with van der Waals surface area (Å²) in [6.07, 6.45) is 1.57. The van der Waals surface area contributed by atoms with Crippen LogP contribution < -0.4 is 0 Å². The normalized spacial score (nSPS) is 13.7. The monoisotopic (exact) mass is 334 g/mol. The highest BCUT2D eigenvalue weighted by Crippen LogP contribution is 2.32. The van der Waals surface area contributed by atoms with Crippen molar-refractivity contribution in [2.24, 2.45) is 5.41 Å². The van der Waals surface area contributed by atoms with E-state index >= 15 is 0 Å². The molecule has 0 aliphatic heterocycles. The van der Waals surface area contributed by atoms with Crippen molar-refractivity contribution in [1.29, 1.82) is 0 Å². The van der Waals surface area contributed by atoms with Crippen molar-refractivity contribution in [3.8, 4) is 0 Å². The van der Waals surface area contributed by atoms with Gasteiger partial charge >= 0.3 is 0 Å². The Morgan fingerprint density at radius 3 is 2.30 bits per heavy atom. The summed E-state index contributed by atoms with van der Waals surface area (Å²) >= 11 is 1.61. The molecular formula is C20H27FOS. The van der Waals surface area contributed by atoms with Crippen LogP contribution in [0.4, 0.5) is 4.39 Å². The van der Waals surface area contributed by atoms with Gasteiger partial charge in [-0.05, 0) is 54.7 Å². The first-order valence-corrected chi connectivity index (χ1v) is 8.77. The third-order valence-corrected chi connectivity index (χ3v) is 4.54. The van der Waals surface area contributed by atoms with Gasteiger partial charge in [-0.3, -0.25) is 4.79 Å². The van der Waals surface area contributed by atoms with Gasteiger partial charge in [0.15, 0.2) is 0 Å². The van der Waals surface area contributed by atoms with Crippen LogP contribution in [0.5, 0.6) is 0 Å². The minimum Gasteiger partial charge on any atom is -0.298 e. The summed E-state index contributed by atoms with van der Waals surface area (Å²) in [6.45, 7) is 13.7. The van der Waals surface area contributed by atoms with E-state index in [9.17, 15) is 9.18 Å². The van der Waals surface area contributed by atoms with Crippen LogP contribution in [0.2, 0.25) is 0 Å². The van der Waals surface area contributed by atoms with E-state index in [0.29, 0.717) is 0 Å². The van der Waals surface area contributed by atoms with Crippen LogP contribution in [0, 0.1) is 11.2 Å². The van der Waals surface area contributed by atoms with Crippen molar-refractivity contribution < 1.29 is 9.18 Å². The molecule has 0 N–H and O–H groups in total. The highest BCUT2D eigenvalue weighted by atomic mass is 32.2. The van der Waals surface area contributed by atoms with Gasteiger partial charge in [0.2, 0.25) is 0 Å². The molecular weight excluding hydrogens is 307 g/mol. The number of hydrogen-bond acceptors (Lipinski definition) is 2. The number of carbonyl (C=O) groups is 1. The minimum atomic E-state index is -0.414. The van der Waals surface area contributed by atoms with Gasteiger partial charge in [-0.15, -0.1) is 11.8 Å². The maximum Gasteiger partial charge on any atom is 0.145 e. The molecule has 1 unspecified atom stereocenters. The number of ketones is 1. The highest BCUT2D eigenvalue weighted by molar-refractivity contribution is 8.05. The number of rotatable bonds is 7. The molecule has 0 saturated carbocycles. The molecule has 0 bridgehead atoms. The van der Waals surface area contributed by atoms with Gasteiger partial charge in [-0.2, -0.15) is 0 Å². The van der Waals surface area contributed by atoms with Crippen LogP contribution in [0.3, 0.4) is 0 Å². The summed E-state index contributed by atoms with van der Waals surface area (Å²) in [5, 5.41) is 2.09. The average molecular weight is 334 g/mol. The van der Waals surface area contributed by atoms with Crippen LogP contribution in [-0.4, -0.2) is 5.78 Å². The topological polar surface area (TPSA) is 17.1 Å². The number of Topliss-reactive ketones (excluding diaryl/α,β-unsaturated/α-hetero) is 1. The van der Waals surface area contributed by atoms with Crippen molar-refractivity contribution in [3.05, 3.63) is 58.1 Å². The Hall–Kier alpha value is -1.35. The molecule has 0 spiro atoms. The lowest BCUT2D eigenvalue weighted by Crippen LogP contribution is -2.27. The Balaban J connectivity index is 2.92. The molecule has 0 aliphatic rings. The van der Waals surface area contributed by atoms with Crippen molar-refractivity contribution in [3.63, 3.8) is 0 Å². The predicted molar refractivity (Wildman–Crippen MR) is 99.0 cm³/mol. The molecule has 1 nitrogen and oxygen atoms in total. The largest absolute Gasteiger partial charge is 0.298 e. The van der Waals surface area contributed by atoms with Gasteiger partial charge in [0, 0.05) is 11.3 Å². The Morgan fingerprint density at radius 1 is 1.26 bits per heavy atom. The van der Waals surface area contributed by atoms with E-state index in [-0.39, 0.29) is 17.5 Å². The molecule has 1 aromatic carbocycles. The fourth-order valence-corrected chi connectivity index (χ4v) is 2.82. The number of thioether (sulfide) groups is 1. The molecule has 0 amide bonds. The molecule has 1 aromatic rings. The lowest BCUT2D eigenvalue weighted by Gasteiger charge is -2.25. The van der Waals surface area contributed by atoms with Crippen molar-refractivity contribution in [1.82, 2.24) is 0 Å². The summed E-state index contributed by atoms with van der Waals surface area (Å²) in [4.78, 5) is 13.8. The van der Waals surface area contributed by atoms with Crippen LogP contribution in [0.15, 0.2) is 46.7 Å². The summed E-state index contributed by atoms with van der Waals surface area (Å²) in [5.74, 6) is -0.275. The zero-order chi connectivity index (χ0) is 17.6. The molecule has 0 saturated heterocycles. The first-order valence-electron chi connectivity index (χ1n) is 7.89. The molecule has 0 fully saturated rings. The maximum absolute atomic E-state index is 13.2. The number of allylic oxidation sites excluding steroid dienone is 2. The van der Waals surface area contributed by atoms with E-state index in [2.05, 4.69) is 18.9 Å². The van der Waals surface area contributed by atoms with E-state index in [1.54, 1.807) is 23.9 Å². The van der Waals surface area contributed by atoms with Crippen molar-refractivity contribution in [2.75, 3.05) is 0 Å². The number of hydrogen-bond donors (Lipinski definition) is 0. The maximum atomic E-state index is 13.2. The third kappa shape index (κ3) is 6.74. The standard InChI is InChI=1S/C20H27FOS/c1-14(2)23-13-15(3)7-12-18(19(22)20(4,5)6)16-8-10-17(21)11-9-16/h8-11,13,18H,1,7,12H2,2-6H3/b15-13+. The van der Waals surface area contributed by atoms with Gasteiger partial charge in [0.25, 0.3) is 0 Å². The molecule has 0 radical (unpaired) electrons. The van der Waals surface area contributed by atoms with Crippen LogP contribution in [0.1, 0.15) is 58.9 Å². The van der Waals surface area contributed by atoms with Gasteiger partial charge in [0.1, 0.15) is 11.6 Å². The summed E-state index contributed by atoms with van der Waals surface area (Å²) in [6, 6.07) is 6.31. The van der Waals surface area contributed by atoms with Gasteiger partial charge < -0.3 is 0 Å². The lowest BCUT2D eigenvalue weighted by molar-refractivity contribution is -0.128. The SMILES string of the molecule is C=C(C)S/C=C(\C)CCC(C(=O)C(C)(C)C)c1ccc(F)cc1. The molecule has 23 heavy (non-hydrogen) atoms. The quantitative estimate of drug-likeness (QED) is 0.568. The van der Waals surface area contributed by atoms with E-state index in [4.69, 9.17) is 0 Å². The Kier molecular flexibility index (Phi) is 7.27. The summed E-state index contributed by atoms with van der Waals surface area (Å²) in [7, 11) is 0. The average Bonchev–Trinajstić information content (AvgIpc) is 2.45. The van der Waals surface area contributed by atoms with E-state index < -0.39 is 5.41 Å². The molecule has 126 valence electrons. The molecule has 1 atom stereocenters. The minimum absolute atomic E-state index is 0.199. The number of benzene rings is 1. The second-order valence-corrected chi connectivity index (χ2v) is 8.21. The predicted octanol–water partition coefficient (Wildman–Crippen LogP) is 6.48. The molecule has 1 rings (SSSR count). The van der Waals surface area contributed by atoms with Crippen LogP contribution >= 0.6 is 11.8 Å².